The number of pyridine rings is 1. The Bertz CT molecular complexity index is 597. The lowest BCUT2D eigenvalue weighted by atomic mass is 10.1. The quantitative estimate of drug-likeness (QED) is 0.897. The molecule has 2 heterocycles. The van der Waals surface area contributed by atoms with Gasteiger partial charge in [-0.3, -0.25) is 4.98 Å². The standard InChI is InChI=1S/C14H16N4O2/c1-3-18(4-2)14-16-9-11(13(19)20)12(17-14)10-6-5-7-15-8-10/h5-9H,3-4H2,1-2H3,(H,19,20). The lowest BCUT2D eigenvalue weighted by molar-refractivity contribution is 0.0697. The fourth-order valence-electron chi connectivity index (χ4n) is 1.91. The van der Waals surface area contributed by atoms with Crippen molar-refractivity contribution in [3.63, 3.8) is 0 Å². The van der Waals surface area contributed by atoms with Crippen LogP contribution in [0.2, 0.25) is 0 Å². The van der Waals surface area contributed by atoms with Gasteiger partial charge in [0.2, 0.25) is 5.95 Å². The van der Waals surface area contributed by atoms with Gasteiger partial charge in [0.1, 0.15) is 5.56 Å². The van der Waals surface area contributed by atoms with Crippen molar-refractivity contribution in [1.29, 1.82) is 0 Å². The summed E-state index contributed by atoms with van der Waals surface area (Å²) < 4.78 is 0. The van der Waals surface area contributed by atoms with Gasteiger partial charge >= 0.3 is 5.97 Å². The van der Waals surface area contributed by atoms with Crippen LogP contribution in [0.1, 0.15) is 24.2 Å². The monoisotopic (exact) mass is 272 g/mol. The molecular formula is C14H16N4O2. The Morgan fingerprint density at radius 2 is 2.05 bits per heavy atom. The van der Waals surface area contributed by atoms with Crippen molar-refractivity contribution in [1.82, 2.24) is 15.0 Å². The number of aromatic carboxylic acids is 1. The van der Waals surface area contributed by atoms with Gasteiger partial charge in [-0.1, -0.05) is 0 Å². The average Bonchev–Trinajstić information content (AvgIpc) is 2.49. The highest BCUT2D eigenvalue weighted by Gasteiger charge is 2.17. The number of hydrogen-bond donors (Lipinski definition) is 1. The summed E-state index contributed by atoms with van der Waals surface area (Å²) in [6.07, 6.45) is 4.59. The average molecular weight is 272 g/mol. The fraction of sp³-hybridized carbons (Fsp3) is 0.286. The Hall–Kier alpha value is -2.50. The van der Waals surface area contributed by atoms with E-state index in [-0.39, 0.29) is 5.56 Å². The smallest absolute Gasteiger partial charge is 0.339 e. The Kier molecular flexibility index (Phi) is 4.24. The minimum absolute atomic E-state index is 0.0777. The third-order valence-corrected chi connectivity index (χ3v) is 2.99. The first kappa shape index (κ1) is 13.9. The molecule has 0 saturated carbocycles. The van der Waals surface area contributed by atoms with Gasteiger partial charge in [-0.15, -0.1) is 0 Å². The first-order chi connectivity index (χ1) is 9.67. The van der Waals surface area contributed by atoms with Crippen LogP contribution in [0.4, 0.5) is 5.95 Å². The highest BCUT2D eigenvalue weighted by molar-refractivity contribution is 5.94. The Balaban J connectivity index is 2.56. The Labute approximate surface area is 117 Å². The number of carbonyl (C=O) groups is 1. The molecule has 0 aromatic carbocycles. The van der Waals surface area contributed by atoms with Gasteiger partial charge in [-0.25, -0.2) is 14.8 Å². The Morgan fingerprint density at radius 3 is 2.60 bits per heavy atom. The second-order valence-electron chi connectivity index (χ2n) is 4.15. The molecule has 0 atom stereocenters. The summed E-state index contributed by atoms with van der Waals surface area (Å²) >= 11 is 0. The molecule has 0 radical (unpaired) electrons. The Morgan fingerprint density at radius 1 is 1.30 bits per heavy atom. The molecule has 0 fully saturated rings. The maximum absolute atomic E-state index is 11.3. The zero-order chi connectivity index (χ0) is 14.5. The van der Waals surface area contributed by atoms with E-state index in [0.29, 0.717) is 17.2 Å². The summed E-state index contributed by atoms with van der Waals surface area (Å²) in [6, 6.07) is 3.54. The predicted molar refractivity (Wildman–Crippen MR) is 75.8 cm³/mol. The van der Waals surface area contributed by atoms with Crippen LogP contribution in [0.15, 0.2) is 30.7 Å². The van der Waals surface area contributed by atoms with E-state index in [0.717, 1.165) is 13.1 Å². The van der Waals surface area contributed by atoms with Crippen molar-refractivity contribution in [2.45, 2.75) is 13.8 Å². The van der Waals surface area contributed by atoms with Crippen LogP contribution in [-0.4, -0.2) is 39.1 Å². The molecule has 6 heteroatoms. The van der Waals surface area contributed by atoms with Crippen LogP contribution in [-0.2, 0) is 0 Å². The van der Waals surface area contributed by atoms with E-state index in [2.05, 4.69) is 15.0 Å². The maximum Gasteiger partial charge on any atom is 0.339 e. The molecule has 0 amide bonds. The van der Waals surface area contributed by atoms with Gasteiger partial charge in [0.05, 0.1) is 5.69 Å². The summed E-state index contributed by atoms with van der Waals surface area (Å²) in [5.41, 5.74) is 1.14. The molecule has 2 aromatic rings. The van der Waals surface area contributed by atoms with Gasteiger partial charge in [-0.2, -0.15) is 0 Å². The normalized spacial score (nSPS) is 10.3. The molecule has 6 nitrogen and oxygen atoms in total. The number of rotatable bonds is 5. The molecule has 2 rings (SSSR count). The minimum atomic E-state index is -1.05. The first-order valence-electron chi connectivity index (χ1n) is 6.43. The number of carboxylic acid groups (broad SMARTS) is 1. The van der Waals surface area contributed by atoms with Crippen LogP contribution in [0.5, 0.6) is 0 Å². The van der Waals surface area contributed by atoms with Crippen molar-refractivity contribution in [2.75, 3.05) is 18.0 Å². The molecule has 0 aliphatic rings. The molecule has 0 saturated heterocycles. The van der Waals surface area contributed by atoms with E-state index in [1.807, 2.05) is 18.7 Å². The summed E-state index contributed by atoms with van der Waals surface area (Å²) in [6.45, 7) is 5.52. The molecule has 1 N–H and O–H groups in total. The van der Waals surface area contributed by atoms with E-state index in [1.165, 1.54) is 6.20 Å². The second-order valence-corrected chi connectivity index (χ2v) is 4.15. The van der Waals surface area contributed by atoms with Crippen LogP contribution < -0.4 is 4.90 Å². The van der Waals surface area contributed by atoms with Crippen molar-refractivity contribution in [3.05, 3.63) is 36.3 Å². The fourth-order valence-corrected chi connectivity index (χ4v) is 1.91. The molecule has 0 bridgehead atoms. The van der Waals surface area contributed by atoms with E-state index in [4.69, 9.17) is 0 Å². The van der Waals surface area contributed by atoms with Crippen LogP contribution >= 0.6 is 0 Å². The summed E-state index contributed by atoms with van der Waals surface area (Å²) in [4.78, 5) is 25.8. The third kappa shape index (κ3) is 2.74. The van der Waals surface area contributed by atoms with Crippen molar-refractivity contribution >= 4 is 11.9 Å². The number of nitrogens with zero attached hydrogens (tertiary/aromatic N) is 4. The topological polar surface area (TPSA) is 79.2 Å². The molecule has 0 aliphatic heterocycles. The largest absolute Gasteiger partial charge is 0.478 e. The van der Waals surface area contributed by atoms with Gasteiger partial charge < -0.3 is 10.0 Å². The van der Waals surface area contributed by atoms with Gasteiger partial charge in [0.15, 0.2) is 0 Å². The second kappa shape index (κ2) is 6.10. The number of hydrogen-bond acceptors (Lipinski definition) is 5. The van der Waals surface area contributed by atoms with Crippen molar-refractivity contribution in [3.8, 4) is 11.3 Å². The molecule has 20 heavy (non-hydrogen) atoms. The van der Waals surface area contributed by atoms with E-state index < -0.39 is 5.97 Å². The van der Waals surface area contributed by atoms with Crippen LogP contribution in [0, 0.1) is 0 Å². The summed E-state index contributed by atoms with van der Waals surface area (Å²) in [5.74, 6) is -0.520. The first-order valence-corrected chi connectivity index (χ1v) is 6.43. The maximum atomic E-state index is 11.3. The predicted octanol–water partition coefficient (Wildman–Crippen LogP) is 2.08. The lowest BCUT2D eigenvalue weighted by Crippen LogP contribution is -2.24. The highest BCUT2D eigenvalue weighted by Crippen LogP contribution is 2.22. The highest BCUT2D eigenvalue weighted by atomic mass is 16.4. The van der Waals surface area contributed by atoms with Gasteiger partial charge in [0.25, 0.3) is 0 Å². The van der Waals surface area contributed by atoms with E-state index in [9.17, 15) is 9.90 Å². The number of carboxylic acids is 1. The molecule has 104 valence electrons. The minimum Gasteiger partial charge on any atom is -0.478 e. The van der Waals surface area contributed by atoms with Crippen LogP contribution in [0.3, 0.4) is 0 Å². The van der Waals surface area contributed by atoms with Crippen LogP contribution in [0.25, 0.3) is 11.3 Å². The lowest BCUT2D eigenvalue weighted by Gasteiger charge is -2.19. The SMILES string of the molecule is CCN(CC)c1ncc(C(=O)O)c(-c2cccnc2)n1. The molecule has 0 aliphatic carbocycles. The van der Waals surface area contributed by atoms with Crippen molar-refractivity contribution < 1.29 is 9.90 Å². The van der Waals surface area contributed by atoms with Gasteiger partial charge in [-0.05, 0) is 26.0 Å². The molecule has 2 aromatic heterocycles. The number of aromatic nitrogens is 3. The van der Waals surface area contributed by atoms with E-state index >= 15 is 0 Å². The zero-order valence-corrected chi connectivity index (χ0v) is 11.4. The molecule has 0 spiro atoms. The zero-order valence-electron chi connectivity index (χ0n) is 11.4. The molecule has 0 unspecified atom stereocenters. The number of anilines is 1. The van der Waals surface area contributed by atoms with E-state index in [1.54, 1.807) is 24.5 Å². The summed E-state index contributed by atoms with van der Waals surface area (Å²) in [7, 11) is 0. The molecular weight excluding hydrogens is 256 g/mol. The third-order valence-electron chi connectivity index (χ3n) is 2.99. The van der Waals surface area contributed by atoms with Gasteiger partial charge in [0, 0.05) is 37.2 Å². The van der Waals surface area contributed by atoms with Crippen molar-refractivity contribution in [2.24, 2.45) is 0 Å². The summed E-state index contributed by atoms with van der Waals surface area (Å²) in [5, 5.41) is 9.26.